The molecule has 0 amide bonds. The van der Waals surface area contributed by atoms with Crippen LogP contribution in [-0.4, -0.2) is 17.2 Å². The second-order valence-corrected chi connectivity index (χ2v) is 4.18. The number of carboxylic acid groups (broad SMARTS) is 1. The van der Waals surface area contributed by atoms with Gasteiger partial charge in [0, 0.05) is 6.42 Å². The summed E-state index contributed by atoms with van der Waals surface area (Å²) < 4.78 is 43.7. The Morgan fingerprint density at radius 2 is 2.15 bits per heavy atom. The first-order valence-electron chi connectivity index (χ1n) is 5.74. The van der Waals surface area contributed by atoms with Crippen molar-refractivity contribution in [1.29, 1.82) is 5.26 Å². The van der Waals surface area contributed by atoms with Crippen LogP contribution >= 0.6 is 0 Å². The number of alkyl halides is 3. The van der Waals surface area contributed by atoms with Crippen LogP contribution in [0.25, 0.3) is 0 Å². The van der Waals surface area contributed by atoms with Crippen molar-refractivity contribution in [3.05, 3.63) is 29.3 Å². The number of aliphatic carboxylic acids is 1. The van der Waals surface area contributed by atoms with Crippen molar-refractivity contribution in [3.8, 4) is 11.8 Å². The highest BCUT2D eigenvalue weighted by Gasteiger charge is 2.35. The molecule has 1 unspecified atom stereocenters. The van der Waals surface area contributed by atoms with E-state index in [-0.39, 0.29) is 18.4 Å². The lowest BCUT2D eigenvalue weighted by Gasteiger charge is -2.18. The number of halogens is 3. The highest BCUT2D eigenvalue weighted by molar-refractivity contribution is 5.66. The molecule has 7 heteroatoms. The van der Waals surface area contributed by atoms with Crippen LogP contribution in [0.2, 0.25) is 0 Å². The third-order valence-electron chi connectivity index (χ3n) is 2.51. The summed E-state index contributed by atoms with van der Waals surface area (Å²) in [6.45, 7) is 1.49. The molecule has 4 nitrogen and oxygen atoms in total. The first kappa shape index (κ1) is 15.8. The van der Waals surface area contributed by atoms with Crippen LogP contribution in [0.4, 0.5) is 13.2 Å². The molecule has 0 spiro atoms. The van der Waals surface area contributed by atoms with Gasteiger partial charge in [0.15, 0.2) is 0 Å². The number of carboxylic acids is 1. The number of nitrogens with zero attached hydrogens (tertiary/aromatic N) is 1. The van der Waals surface area contributed by atoms with Gasteiger partial charge in [0.25, 0.3) is 0 Å². The molecule has 0 radical (unpaired) electrons. The molecule has 1 N–H and O–H groups in total. The summed E-state index contributed by atoms with van der Waals surface area (Å²) >= 11 is 0. The van der Waals surface area contributed by atoms with Crippen LogP contribution in [-0.2, 0) is 11.0 Å². The van der Waals surface area contributed by atoms with Crippen molar-refractivity contribution in [3.63, 3.8) is 0 Å². The predicted molar refractivity (Wildman–Crippen MR) is 63.1 cm³/mol. The summed E-state index contributed by atoms with van der Waals surface area (Å²) in [5.74, 6) is -1.45. The first-order chi connectivity index (χ1) is 9.24. The molecule has 0 heterocycles. The van der Waals surface area contributed by atoms with Gasteiger partial charge in [0.1, 0.15) is 5.75 Å². The van der Waals surface area contributed by atoms with Gasteiger partial charge in [0.2, 0.25) is 0 Å². The molecule has 0 saturated heterocycles. The molecule has 1 aromatic rings. The van der Waals surface area contributed by atoms with Crippen LogP contribution in [0.15, 0.2) is 18.2 Å². The second-order valence-electron chi connectivity index (χ2n) is 4.18. The van der Waals surface area contributed by atoms with Crippen LogP contribution in [0.5, 0.6) is 5.75 Å². The molecule has 0 aliphatic carbocycles. The molecule has 1 aromatic carbocycles. The molecule has 0 aromatic heterocycles. The number of hydrogen-bond donors (Lipinski definition) is 1. The maximum absolute atomic E-state index is 12.8. The van der Waals surface area contributed by atoms with E-state index >= 15 is 0 Å². The lowest BCUT2D eigenvalue weighted by atomic mass is 10.1. The molecule has 0 bridgehead atoms. The van der Waals surface area contributed by atoms with Gasteiger partial charge in [-0.15, -0.1) is 0 Å². The smallest absolute Gasteiger partial charge is 0.420 e. The van der Waals surface area contributed by atoms with Gasteiger partial charge in [-0.05, 0) is 31.5 Å². The lowest BCUT2D eigenvalue weighted by Crippen LogP contribution is -2.17. The molecule has 0 aliphatic heterocycles. The Morgan fingerprint density at radius 1 is 1.50 bits per heavy atom. The minimum atomic E-state index is -4.64. The largest absolute Gasteiger partial charge is 0.490 e. The van der Waals surface area contributed by atoms with Crippen molar-refractivity contribution in [2.75, 3.05) is 0 Å². The fourth-order valence-electron chi connectivity index (χ4n) is 1.53. The Labute approximate surface area is 113 Å². The lowest BCUT2D eigenvalue weighted by molar-refractivity contribution is -0.140. The van der Waals surface area contributed by atoms with Crippen LogP contribution in [0.3, 0.4) is 0 Å². The van der Waals surface area contributed by atoms with E-state index in [0.29, 0.717) is 6.07 Å². The van der Waals surface area contributed by atoms with Gasteiger partial charge >= 0.3 is 12.1 Å². The Bertz CT molecular complexity index is 535. The molecule has 1 atom stereocenters. The van der Waals surface area contributed by atoms with E-state index in [2.05, 4.69) is 0 Å². The van der Waals surface area contributed by atoms with Gasteiger partial charge in [-0.1, -0.05) is 0 Å². The van der Waals surface area contributed by atoms with Crippen molar-refractivity contribution in [2.45, 2.75) is 32.0 Å². The van der Waals surface area contributed by atoms with Crippen molar-refractivity contribution in [2.24, 2.45) is 0 Å². The molecule has 0 aliphatic rings. The van der Waals surface area contributed by atoms with Crippen molar-refractivity contribution in [1.82, 2.24) is 0 Å². The highest BCUT2D eigenvalue weighted by atomic mass is 19.4. The second kappa shape index (κ2) is 6.28. The normalized spacial score (nSPS) is 12.6. The molecule has 108 valence electrons. The SMILES string of the molecule is CC(CCC(=O)O)Oc1ccc(C#N)cc1C(F)(F)F. The maximum atomic E-state index is 12.8. The molecule has 20 heavy (non-hydrogen) atoms. The monoisotopic (exact) mass is 287 g/mol. The third kappa shape index (κ3) is 4.46. The van der Waals surface area contributed by atoms with E-state index in [1.165, 1.54) is 13.0 Å². The maximum Gasteiger partial charge on any atom is 0.420 e. The Kier molecular flexibility index (Phi) is 4.97. The van der Waals surface area contributed by atoms with E-state index in [1.807, 2.05) is 0 Å². The summed E-state index contributed by atoms with van der Waals surface area (Å²) in [5.41, 5.74) is -1.17. The number of carbonyl (C=O) groups is 1. The topological polar surface area (TPSA) is 70.3 Å². The standard InChI is InChI=1S/C13H12F3NO3/c1-8(2-5-12(18)19)20-11-4-3-9(7-17)6-10(11)13(14,15)16/h3-4,6,8H,2,5H2,1H3,(H,18,19). The Balaban J connectivity index is 2.95. The predicted octanol–water partition coefficient (Wildman–Crippen LogP) is 3.21. The van der Waals surface area contributed by atoms with Gasteiger partial charge in [0.05, 0.1) is 23.3 Å². The van der Waals surface area contributed by atoms with E-state index in [4.69, 9.17) is 15.1 Å². The Morgan fingerprint density at radius 3 is 2.65 bits per heavy atom. The van der Waals surface area contributed by atoms with Crippen molar-refractivity contribution < 1.29 is 27.8 Å². The highest BCUT2D eigenvalue weighted by Crippen LogP contribution is 2.37. The quantitative estimate of drug-likeness (QED) is 0.902. The number of ether oxygens (including phenoxy) is 1. The van der Waals surface area contributed by atoms with Gasteiger partial charge < -0.3 is 9.84 Å². The molecular formula is C13H12F3NO3. The minimum Gasteiger partial charge on any atom is -0.490 e. The van der Waals surface area contributed by atoms with Gasteiger partial charge in [-0.25, -0.2) is 0 Å². The number of hydrogen-bond acceptors (Lipinski definition) is 3. The zero-order valence-corrected chi connectivity index (χ0v) is 10.6. The third-order valence-corrected chi connectivity index (χ3v) is 2.51. The number of rotatable bonds is 5. The van der Waals surface area contributed by atoms with E-state index in [0.717, 1.165) is 6.07 Å². The number of benzene rings is 1. The first-order valence-corrected chi connectivity index (χ1v) is 5.74. The minimum absolute atomic E-state index is 0.0899. The van der Waals surface area contributed by atoms with Gasteiger partial charge in [-0.2, -0.15) is 18.4 Å². The van der Waals surface area contributed by atoms with E-state index < -0.39 is 29.6 Å². The molecule has 0 saturated carbocycles. The van der Waals surface area contributed by atoms with E-state index in [1.54, 1.807) is 6.07 Å². The van der Waals surface area contributed by atoms with E-state index in [9.17, 15) is 18.0 Å². The summed E-state index contributed by atoms with van der Waals surface area (Å²) in [6, 6.07) is 4.62. The summed E-state index contributed by atoms with van der Waals surface area (Å²) in [6.07, 6.45) is -5.43. The molecule has 0 fully saturated rings. The van der Waals surface area contributed by atoms with Crippen molar-refractivity contribution >= 4 is 5.97 Å². The summed E-state index contributed by atoms with van der Waals surface area (Å²) in [4.78, 5) is 10.4. The zero-order valence-electron chi connectivity index (χ0n) is 10.6. The van der Waals surface area contributed by atoms with Crippen LogP contribution in [0, 0.1) is 11.3 Å². The number of nitriles is 1. The fourth-order valence-corrected chi connectivity index (χ4v) is 1.53. The fraction of sp³-hybridized carbons (Fsp3) is 0.385. The summed E-state index contributed by atoms with van der Waals surface area (Å²) in [5, 5.41) is 17.1. The average Bonchev–Trinajstić information content (AvgIpc) is 2.35. The summed E-state index contributed by atoms with van der Waals surface area (Å²) in [7, 11) is 0. The molecular weight excluding hydrogens is 275 g/mol. The van der Waals surface area contributed by atoms with Crippen LogP contribution < -0.4 is 4.74 Å². The Hall–Kier alpha value is -2.23. The average molecular weight is 287 g/mol. The van der Waals surface area contributed by atoms with Crippen LogP contribution in [0.1, 0.15) is 30.9 Å². The van der Waals surface area contributed by atoms with Gasteiger partial charge in [-0.3, -0.25) is 4.79 Å². The zero-order chi connectivity index (χ0) is 15.3. The molecule has 1 rings (SSSR count).